The van der Waals surface area contributed by atoms with Gasteiger partial charge in [0.1, 0.15) is 18.2 Å². The number of hydrogen-bond donors (Lipinski definition) is 1. The highest BCUT2D eigenvalue weighted by molar-refractivity contribution is 5.34. The number of imidazole rings is 1. The van der Waals surface area contributed by atoms with Crippen LogP contribution in [0.2, 0.25) is 0 Å². The summed E-state index contributed by atoms with van der Waals surface area (Å²) in [4.78, 5) is 4.04. The van der Waals surface area contributed by atoms with Crippen LogP contribution in [0, 0.1) is 5.82 Å². The first-order valence-electron chi connectivity index (χ1n) is 6.78. The molecule has 0 aliphatic carbocycles. The molecule has 0 aliphatic rings. The number of nitrogens with one attached hydrogen (secondary N) is 1. The van der Waals surface area contributed by atoms with Gasteiger partial charge < -0.3 is 14.6 Å². The number of hydrogen-bond acceptors (Lipinski definition) is 3. The first-order valence-corrected chi connectivity index (χ1v) is 6.78. The van der Waals surface area contributed by atoms with E-state index < -0.39 is 0 Å². The maximum Gasteiger partial charge on any atom is 0.130 e. The number of ether oxygens (including phenoxy) is 1. The van der Waals surface area contributed by atoms with E-state index in [4.69, 9.17) is 4.74 Å². The molecule has 0 atom stereocenters. The molecule has 1 aromatic heterocycles. The Morgan fingerprint density at radius 3 is 2.95 bits per heavy atom. The van der Waals surface area contributed by atoms with Gasteiger partial charge in [0, 0.05) is 19.2 Å². The van der Waals surface area contributed by atoms with Gasteiger partial charge in [0.2, 0.25) is 0 Å². The largest absolute Gasteiger partial charge is 0.487 e. The molecule has 108 valence electrons. The van der Waals surface area contributed by atoms with Gasteiger partial charge in [-0.15, -0.1) is 0 Å². The average molecular weight is 277 g/mol. The van der Waals surface area contributed by atoms with Crippen molar-refractivity contribution in [3.63, 3.8) is 0 Å². The number of nitrogens with zero attached hydrogens (tertiary/aromatic N) is 2. The lowest BCUT2D eigenvalue weighted by atomic mass is 10.2. The van der Waals surface area contributed by atoms with E-state index in [1.54, 1.807) is 18.6 Å². The fraction of sp³-hybridized carbons (Fsp3) is 0.400. The van der Waals surface area contributed by atoms with Gasteiger partial charge in [0.05, 0.1) is 18.2 Å². The minimum Gasteiger partial charge on any atom is -0.487 e. The van der Waals surface area contributed by atoms with Crippen LogP contribution in [0.25, 0.3) is 0 Å². The van der Waals surface area contributed by atoms with Crippen molar-refractivity contribution in [1.29, 1.82) is 0 Å². The Morgan fingerprint density at radius 2 is 2.25 bits per heavy atom. The lowest BCUT2D eigenvalue weighted by Crippen LogP contribution is -2.15. The maximum absolute atomic E-state index is 13.3. The average Bonchev–Trinajstić information content (AvgIpc) is 2.84. The standard InChI is InChI=1S/C15H20FN3O/c1-3-6-17-8-12-7-13(16)4-5-15(12)20-10-14-9-18-11-19(14)2/h4-5,7,9,11,17H,3,6,8,10H2,1-2H3. The molecule has 0 fully saturated rings. The highest BCUT2D eigenvalue weighted by atomic mass is 19.1. The van der Waals surface area contributed by atoms with E-state index in [1.165, 1.54) is 12.1 Å². The zero-order valence-corrected chi connectivity index (χ0v) is 11.9. The highest BCUT2D eigenvalue weighted by Gasteiger charge is 2.07. The summed E-state index contributed by atoms with van der Waals surface area (Å²) in [6.07, 6.45) is 4.53. The van der Waals surface area contributed by atoms with Gasteiger partial charge in [-0.3, -0.25) is 0 Å². The fourth-order valence-corrected chi connectivity index (χ4v) is 1.90. The van der Waals surface area contributed by atoms with Gasteiger partial charge in [-0.2, -0.15) is 0 Å². The van der Waals surface area contributed by atoms with Gasteiger partial charge >= 0.3 is 0 Å². The van der Waals surface area contributed by atoms with Gasteiger partial charge in [-0.05, 0) is 31.2 Å². The molecule has 0 saturated carbocycles. The molecule has 0 unspecified atom stereocenters. The minimum atomic E-state index is -0.244. The number of rotatable bonds is 7. The van der Waals surface area contributed by atoms with Crippen molar-refractivity contribution in [3.05, 3.63) is 47.8 Å². The second-order valence-corrected chi connectivity index (χ2v) is 4.71. The van der Waals surface area contributed by atoms with Crippen LogP contribution in [-0.4, -0.2) is 16.1 Å². The van der Waals surface area contributed by atoms with Crippen molar-refractivity contribution >= 4 is 0 Å². The van der Waals surface area contributed by atoms with Gasteiger partial charge in [0.25, 0.3) is 0 Å². The van der Waals surface area contributed by atoms with Crippen LogP contribution < -0.4 is 10.1 Å². The van der Waals surface area contributed by atoms with Crippen molar-refractivity contribution in [3.8, 4) is 5.75 Å². The summed E-state index contributed by atoms with van der Waals surface area (Å²) in [7, 11) is 1.92. The normalized spacial score (nSPS) is 10.8. The van der Waals surface area contributed by atoms with Crippen molar-refractivity contribution in [2.75, 3.05) is 6.54 Å². The van der Waals surface area contributed by atoms with E-state index in [1.807, 2.05) is 11.6 Å². The van der Waals surface area contributed by atoms with E-state index in [0.717, 1.165) is 24.2 Å². The molecule has 20 heavy (non-hydrogen) atoms. The van der Waals surface area contributed by atoms with Crippen LogP contribution >= 0.6 is 0 Å². The molecule has 0 spiro atoms. The first-order chi connectivity index (χ1) is 9.70. The van der Waals surface area contributed by atoms with Crippen LogP contribution in [0.3, 0.4) is 0 Å². The summed E-state index contributed by atoms with van der Waals surface area (Å²) < 4.78 is 21.0. The monoisotopic (exact) mass is 277 g/mol. The first kappa shape index (κ1) is 14.5. The molecule has 0 aliphatic heterocycles. The van der Waals surface area contributed by atoms with E-state index in [0.29, 0.717) is 18.9 Å². The number of halogens is 1. The zero-order valence-electron chi connectivity index (χ0n) is 11.9. The molecule has 0 bridgehead atoms. The Kier molecular flexibility index (Phi) is 5.12. The molecule has 2 rings (SSSR count). The van der Waals surface area contributed by atoms with Crippen LogP contribution in [0.15, 0.2) is 30.7 Å². The van der Waals surface area contributed by atoms with Gasteiger partial charge in [0.15, 0.2) is 0 Å². The summed E-state index contributed by atoms with van der Waals surface area (Å²) in [5.74, 6) is 0.461. The molecule has 0 amide bonds. The van der Waals surface area contributed by atoms with Crippen LogP contribution in [0.5, 0.6) is 5.75 Å². The third-order valence-corrected chi connectivity index (χ3v) is 3.06. The van der Waals surface area contributed by atoms with Crippen LogP contribution in [0.4, 0.5) is 4.39 Å². The van der Waals surface area contributed by atoms with Crippen molar-refractivity contribution in [2.45, 2.75) is 26.5 Å². The molecule has 5 heteroatoms. The quantitative estimate of drug-likeness (QED) is 0.791. The maximum atomic E-state index is 13.3. The molecule has 2 aromatic rings. The summed E-state index contributed by atoms with van der Waals surface area (Å²) in [6.45, 7) is 4.02. The predicted molar refractivity (Wildman–Crippen MR) is 75.9 cm³/mol. The Hall–Kier alpha value is -1.88. The Labute approximate surface area is 118 Å². The second kappa shape index (κ2) is 7.05. The third kappa shape index (κ3) is 3.81. The zero-order chi connectivity index (χ0) is 14.4. The van der Waals surface area contributed by atoms with Gasteiger partial charge in [-0.25, -0.2) is 9.37 Å². The summed E-state index contributed by atoms with van der Waals surface area (Å²) in [6, 6.07) is 4.61. The molecule has 4 nitrogen and oxygen atoms in total. The lowest BCUT2D eigenvalue weighted by Gasteiger charge is -2.12. The lowest BCUT2D eigenvalue weighted by molar-refractivity contribution is 0.292. The highest BCUT2D eigenvalue weighted by Crippen LogP contribution is 2.20. The minimum absolute atomic E-state index is 0.244. The molecular formula is C15H20FN3O. The van der Waals surface area contributed by atoms with Crippen molar-refractivity contribution in [1.82, 2.24) is 14.9 Å². The molecular weight excluding hydrogens is 257 g/mol. The van der Waals surface area contributed by atoms with E-state index in [-0.39, 0.29) is 5.82 Å². The second-order valence-electron chi connectivity index (χ2n) is 4.71. The number of aromatic nitrogens is 2. The van der Waals surface area contributed by atoms with E-state index >= 15 is 0 Å². The van der Waals surface area contributed by atoms with Gasteiger partial charge in [-0.1, -0.05) is 6.92 Å². The molecule has 1 heterocycles. The topological polar surface area (TPSA) is 39.1 Å². The summed E-state index contributed by atoms with van der Waals surface area (Å²) >= 11 is 0. The SMILES string of the molecule is CCCNCc1cc(F)ccc1OCc1cncn1C. The van der Waals surface area contributed by atoms with Crippen molar-refractivity contribution < 1.29 is 9.13 Å². The van der Waals surface area contributed by atoms with E-state index in [2.05, 4.69) is 17.2 Å². The molecule has 0 saturated heterocycles. The Bertz CT molecular complexity index is 554. The Balaban J connectivity index is 2.04. The van der Waals surface area contributed by atoms with Crippen LogP contribution in [-0.2, 0) is 20.2 Å². The summed E-state index contributed by atoms with van der Waals surface area (Å²) in [5.41, 5.74) is 1.81. The Morgan fingerprint density at radius 1 is 1.40 bits per heavy atom. The summed E-state index contributed by atoms with van der Waals surface area (Å²) in [5, 5.41) is 3.26. The van der Waals surface area contributed by atoms with Crippen LogP contribution in [0.1, 0.15) is 24.6 Å². The molecule has 0 radical (unpaired) electrons. The number of aryl methyl sites for hydroxylation is 1. The third-order valence-electron chi connectivity index (χ3n) is 3.06. The molecule has 1 N–H and O–H groups in total. The van der Waals surface area contributed by atoms with Crippen molar-refractivity contribution in [2.24, 2.45) is 7.05 Å². The smallest absolute Gasteiger partial charge is 0.130 e. The fourth-order valence-electron chi connectivity index (χ4n) is 1.90. The molecule has 1 aromatic carbocycles. The predicted octanol–water partition coefficient (Wildman–Crippen LogP) is 2.64. The number of benzene rings is 1. The van der Waals surface area contributed by atoms with E-state index in [9.17, 15) is 4.39 Å².